The molecule has 1 aliphatic heterocycles. The molecule has 49 heavy (non-hydrogen) atoms. The minimum Gasteiger partial charge on any atom is -0.480 e. The van der Waals surface area contributed by atoms with Crippen molar-refractivity contribution in [2.75, 3.05) is 27.3 Å². The quantitative estimate of drug-likeness (QED) is 0.147. The van der Waals surface area contributed by atoms with Gasteiger partial charge in [0.1, 0.15) is 11.4 Å². The van der Waals surface area contributed by atoms with Gasteiger partial charge in [0.05, 0.1) is 53.6 Å². The molecule has 13 heteroatoms. The van der Waals surface area contributed by atoms with E-state index in [1.165, 1.54) is 0 Å². The van der Waals surface area contributed by atoms with Crippen molar-refractivity contribution in [2.45, 2.75) is 56.8 Å². The standard InChI is InChI=1S/C36H39Cl2N7O4/c1-48-34-29(16-39-14-21-13-36(47)11-20(21)12-36)41-18-27(44-34)25-7-3-5-23(32(25)37)24-6-4-8-26(33(24)38)28-19-42-30(35(45-28)49-2)17-40-15-22-9-10-31(46)43-22/h3-8,18-22,39-40,47H,9-17H2,1-2H3,(H,43,46)/t20?,21?,22-,36?/m0/s1. The number of hydrogen-bond acceptors (Lipinski definition) is 10. The van der Waals surface area contributed by atoms with Gasteiger partial charge in [-0.2, -0.15) is 0 Å². The van der Waals surface area contributed by atoms with Crippen molar-refractivity contribution in [1.82, 2.24) is 35.9 Å². The van der Waals surface area contributed by atoms with Crippen LogP contribution in [0.4, 0.5) is 0 Å². The van der Waals surface area contributed by atoms with Crippen molar-refractivity contribution in [2.24, 2.45) is 11.8 Å². The molecular formula is C36H39Cl2N7O4. The summed E-state index contributed by atoms with van der Waals surface area (Å²) in [4.78, 5) is 30.3. The molecule has 2 bridgehead atoms. The monoisotopic (exact) mass is 703 g/mol. The van der Waals surface area contributed by atoms with Crippen LogP contribution >= 0.6 is 23.2 Å². The molecule has 3 saturated carbocycles. The van der Waals surface area contributed by atoms with Crippen molar-refractivity contribution >= 4 is 29.1 Å². The van der Waals surface area contributed by atoms with Crippen molar-refractivity contribution < 1.29 is 19.4 Å². The largest absolute Gasteiger partial charge is 0.480 e. The van der Waals surface area contributed by atoms with E-state index in [4.69, 9.17) is 42.6 Å². The van der Waals surface area contributed by atoms with Crippen molar-refractivity contribution in [3.63, 3.8) is 0 Å². The summed E-state index contributed by atoms with van der Waals surface area (Å²) in [5, 5.41) is 21.1. The van der Waals surface area contributed by atoms with Crippen LogP contribution in [0.25, 0.3) is 33.6 Å². The number of amides is 1. The lowest BCUT2D eigenvalue weighted by atomic mass is 9.79. The fraction of sp³-hybridized carbons (Fsp3) is 0.417. The fourth-order valence-corrected chi connectivity index (χ4v) is 8.03. The van der Waals surface area contributed by atoms with Gasteiger partial charge in [0.2, 0.25) is 17.7 Å². The predicted octanol–water partition coefficient (Wildman–Crippen LogP) is 5.21. The molecule has 1 amide bonds. The summed E-state index contributed by atoms with van der Waals surface area (Å²) in [6, 6.07) is 11.5. The molecule has 2 atom stereocenters. The van der Waals surface area contributed by atoms with Gasteiger partial charge in [-0.3, -0.25) is 14.8 Å². The van der Waals surface area contributed by atoms with Crippen LogP contribution in [-0.2, 0) is 17.9 Å². The van der Waals surface area contributed by atoms with Gasteiger partial charge in [-0.15, -0.1) is 0 Å². The Hall–Kier alpha value is -3.87. The summed E-state index contributed by atoms with van der Waals surface area (Å²) in [6.07, 6.45) is 7.47. The number of carbonyl (C=O) groups is 1. The molecule has 0 radical (unpaired) electrons. The van der Waals surface area contributed by atoms with E-state index < -0.39 is 5.60 Å². The first-order chi connectivity index (χ1) is 23.7. The number of benzene rings is 2. The molecule has 1 saturated heterocycles. The zero-order valence-corrected chi connectivity index (χ0v) is 28.9. The molecule has 4 aromatic rings. The number of rotatable bonds is 13. The molecule has 2 aromatic carbocycles. The molecule has 0 spiro atoms. The van der Waals surface area contributed by atoms with Gasteiger partial charge >= 0.3 is 0 Å². The van der Waals surface area contributed by atoms with Crippen molar-refractivity contribution in [3.05, 3.63) is 70.2 Å². The van der Waals surface area contributed by atoms with E-state index in [1.807, 2.05) is 36.4 Å². The average molecular weight is 705 g/mol. The minimum absolute atomic E-state index is 0.0840. The zero-order valence-electron chi connectivity index (χ0n) is 27.4. The van der Waals surface area contributed by atoms with E-state index in [0.29, 0.717) is 93.6 Å². The lowest BCUT2D eigenvalue weighted by molar-refractivity contribution is -0.119. The Balaban J connectivity index is 1.08. The van der Waals surface area contributed by atoms with Gasteiger partial charge in [0, 0.05) is 54.4 Å². The van der Waals surface area contributed by atoms with Crippen LogP contribution in [0.5, 0.6) is 11.8 Å². The number of aliphatic hydroxyl groups is 1. The molecule has 2 aromatic heterocycles. The Labute approximate surface area is 295 Å². The molecule has 3 heterocycles. The molecule has 256 valence electrons. The highest BCUT2D eigenvalue weighted by molar-refractivity contribution is 6.39. The maximum absolute atomic E-state index is 11.5. The maximum Gasteiger partial charge on any atom is 0.237 e. The van der Waals surface area contributed by atoms with Gasteiger partial charge in [-0.05, 0) is 44.1 Å². The zero-order chi connectivity index (χ0) is 34.1. The van der Waals surface area contributed by atoms with Crippen LogP contribution in [0.2, 0.25) is 10.0 Å². The number of ether oxygens (including phenoxy) is 2. The van der Waals surface area contributed by atoms with Crippen LogP contribution in [0.15, 0.2) is 48.8 Å². The Bertz CT molecular complexity index is 1870. The molecule has 8 rings (SSSR count). The van der Waals surface area contributed by atoms with Crippen LogP contribution < -0.4 is 25.4 Å². The van der Waals surface area contributed by atoms with E-state index >= 15 is 0 Å². The van der Waals surface area contributed by atoms with Gasteiger partial charge in [0.25, 0.3) is 0 Å². The SMILES string of the molecule is COc1nc(-c2cccc(-c3cccc(-c4cnc(CNC[C@@H]5CCC(=O)N5)c(OC)n4)c3Cl)c2Cl)cnc1CNCC1CC2(O)CC1C2. The first-order valence-corrected chi connectivity index (χ1v) is 17.3. The van der Waals surface area contributed by atoms with E-state index in [9.17, 15) is 9.90 Å². The number of halogens is 2. The minimum atomic E-state index is -0.432. The first kappa shape index (κ1) is 33.6. The van der Waals surface area contributed by atoms with Gasteiger partial charge in [-0.25, -0.2) is 9.97 Å². The number of nitrogens with zero attached hydrogens (tertiary/aromatic N) is 4. The highest BCUT2D eigenvalue weighted by atomic mass is 35.5. The Kier molecular flexibility index (Phi) is 9.72. The normalized spacial score (nSPS) is 22.6. The van der Waals surface area contributed by atoms with Gasteiger partial charge in [0.15, 0.2) is 0 Å². The highest BCUT2D eigenvalue weighted by Gasteiger charge is 2.54. The van der Waals surface area contributed by atoms with Crippen LogP contribution in [0.1, 0.15) is 43.5 Å². The summed E-state index contributed by atoms with van der Waals surface area (Å²) in [5.41, 5.74) is 4.90. The molecule has 1 unspecified atom stereocenters. The Morgan fingerprint density at radius 2 is 1.37 bits per heavy atom. The lowest BCUT2D eigenvalue weighted by Gasteiger charge is -2.33. The van der Waals surface area contributed by atoms with E-state index in [1.54, 1.807) is 26.6 Å². The summed E-state index contributed by atoms with van der Waals surface area (Å²) < 4.78 is 11.2. The number of carbonyl (C=O) groups excluding carboxylic acids is 1. The average Bonchev–Trinajstić information content (AvgIpc) is 3.76. The van der Waals surface area contributed by atoms with Crippen LogP contribution in [0, 0.1) is 11.8 Å². The molecule has 4 aliphatic rings. The third-order valence-corrected chi connectivity index (χ3v) is 10.7. The number of methoxy groups -OCH3 is 2. The van der Waals surface area contributed by atoms with E-state index in [2.05, 4.69) is 25.9 Å². The number of fused-ring (bicyclic) bond motifs is 1. The molecule has 11 nitrogen and oxygen atoms in total. The molecule has 3 aliphatic carbocycles. The van der Waals surface area contributed by atoms with Gasteiger partial charge in [-0.1, -0.05) is 59.6 Å². The number of aromatic nitrogens is 4. The summed E-state index contributed by atoms with van der Waals surface area (Å²) >= 11 is 14.1. The summed E-state index contributed by atoms with van der Waals surface area (Å²) in [7, 11) is 3.14. The molecule has 4 fully saturated rings. The summed E-state index contributed by atoms with van der Waals surface area (Å²) in [6.45, 7) is 2.42. The second-order valence-corrected chi connectivity index (χ2v) is 13.9. The second-order valence-electron chi connectivity index (χ2n) is 13.2. The van der Waals surface area contributed by atoms with Crippen LogP contribution in [0.3, 0.4) is 0 Å². The van der Waals surface area contributed by atoms with Gasteiger partial charge < -0.3 is 30.5 Å². The summed E-state index contributed by atoms with van der Waals surface area (Å²) in [5.74, 6) is 2.00. The van der Waals surface area contributed by atoms with E-state index in [-0.39, 0.29) is 11.9 Å². The van der Waals surface area contributed by atoms with Crippen molar-refractivity contribution in [3.8, 4) is 45.4 Å². The van der Waals surface area contributed by atoms with Crippen LogP contribution in [-0.4, -0.2) is 69.9 Å². The maximum atomic E-state index is 11.5. The van der Waals surface area contributed by atoms with E-state index in [0.717, 1.165) is 43.4 Å². The predicted molar refractivity (Wildman–Crippen MR) is 187 cm³/mol. The van der Waals surface area contributed by atoms with Crippen molar-refractivity contribution in [1.29, 1.82) is 0 Å². The third kappa shape index (κ3) is 6.95. The lowest BCUT2D eigenvalue weighted by Crippen LogP contribution is -2.35. The smallest absolute Gasteiger partial charge is 0.237 e. The topological polar surface area (TPSA) is 143 Å². The Morgan fingerprint density at radius 1 is 0.837 bits per heavy atom. The molecular weight excluding hydrogens is 665 g/mol. The molecule has 4 N–H and O–H groups in total. The number of hydrogen-bond donors (Lipinski definition) is 4. The third-order valence-electron chi connectivity index (χ3n) is 9.91. The highest BCUT2D eigenvalue weighted by Crippen LogP contribution is 2.55. The Morgan fingerprint density at radius 3 is 1.84 bits per heavy atom. The first-order valence-electron chi connectivity index (χ1n) is 16.6. The fourth-order valence-electron chi connectivity index (χ4n) is 7.38. The second kappa shape index (κ2) is 14.2. The number of nitrogens with one attached hydrogen (secondary N) is 3.